The van der Waals surface area contributed by atoms with Gasteiger partial charge in [0.1, 0.15) is 5.75 Å². The zero-order valence-corrected chi connectivity index (χ0v) is 17.6. The summed E-state index contributed by atoms with van der Waals surface area (Å²) < 4.78 is 2.09. The molecule has 0 fully saturated rings. The van der Waals surface area contributed by atoms with Gasteiger partial charge in [-0.25, -0.2) is 0 Å². The van der Waals surface area contributed by atoms with Crippen molar-refractivity contribution in [3.63, 3.8) is 0 Å². The quantitative estimate of drug-likeness (QED) is 0.458. The number of benzene rings is 2. The van der Waals surface area contributed by atoms with E-state index in [9.17, 15) is 20.0 Å². The number of nitro groups is 1. The summed E-state index contributed by atoms with van der Waals surface area (Å²) in [5.74, 6) is -0.559. The number of carbonyl (C=O) groups is 1. The van der Waals surface area contributed by atoms with Crippen molar-refractivity contribution in [2.24, 2.45) is 0 Å². The van der Waals surface area contributed by atoms with Crippen LogP contribution in [0.3, 0.4) is 0 Å². The van der Waals surface area contributed by atoms with E-state index < -0.39 is 11.0 Å². The zero-order chi connectivity index (χ0) is 21.8. The fourth-order valence-corrected chi connectivity index (χ4v) is 4.94. The number of likely N-dealkylation sites (N-methyl/N-ethyl adjacent to an activating group) is 1. The number of carbonyl (C=O) groups excluding carboxylic acids is 1. The molecule has 2 aliphatic rings. The van der Waals surface area contributed by atoms with Gasteiger partial charge in [0.25, 0.3) is 11.6 Å². The second-order valence-electron chi connectivity index (χ2n) is 8.61. The molecule has 2 N–H and O–H groups in total. The zero-order valence-electron chi connectivity index (χ0n) is 17.6. The van der Waals surface area contributed by atoms with Crippen molar-refractivity contribution in [3.8, 4) is 5.75 Å². The van der Waals surface area contributed by atoms with Gasteiger partial charge in [-0.2, -0.15) is 4.58 Å². The maximum Gasteiger partial charge on any atom is 0.289 e. The summed E-state index contributed by atoms with van der Waals surface area (Å²) in [4.78, 5) is 24.1. The average molecular weight is 408 g/mol. The van der Waals surface area contributed by atoms with Crippen molar-refractivity contribution >= 4 is 23.0 Å². The van der Waals surface area contributed by atoms with E-state index in [0.717, 1.165) is 17.0 Å². The number of phenolic OH excluding ortho intramolecular Hbond substituents is 1. The topological polar surface area (TPSA) is 95.5 Å². The first kappa shape index (κ1) is 20.1. The van der Waals surface area contributed by atoms with Crippen LogP contribution in [-0.4, -0.2) is 38.8 Å². The molecular formula is C23H26N3O4+. The van der Waals surface area contributed by atoms with Crippen LogP contribution in [0.1, 0.15) is 49.8 Å². The van der Waals surface area contributed by atoms with E-state index in [4.69, 9.17) is 0 Å². The van der Waals surface area contributed by atoms with Crippen LogP contribution in [-0.2, 0) is 10.2 Å². The number of nitrogens with one attached hydrogen (secondary N) is 1. The average Bonchev–Trinajstić information content (AvgIpc) is 3.17. The van der Waals surface area contributed by atoms with Crippen LogP contribution in [0.2, 0.25) is 0 Å². The number of non-ortho nitro benzene ring substituents is 1. The van der Waals surface area contributed by atoms with Crippen molar-refractivity contribution in [1.82, 2.24) is 5.32 Å². The first-order valence-electron chi connectivity index (χ1n) is 10.2. The Bertz CT molecular complexity index is 1100. The van der Waals surface area contributed by atoms with Crippen LogP contribution in [0.5, 0.6) is 5.75 Å². The van der Waals surface area contributed by atoms with E-state index in [0.29, 0.717) is 18.5 Å². The smallest absolute Gasteiger partial charge is 0.289 e. The van der Waals surface area contributed by atoms with Gasteiger partial charge in [-0.1, -0.05) is 11.6 Å². The Morgan fingerprint density at radius 2 is 2.03 bits per heavy atom. The first-order chi connectivity index (χ1) is 14.2. The molecule has 0 spiro atoms. The standard InChI is InChI=1S/C23H25N3O4/c1-5-24-22(28)21-16(15-11-14(26(29)30)7-9-19(15)27)12-20-23(3,4)17-10-13(2)6-8-18(17)25(20)21/h6-11,16,21H,5,12H2,1-4H3,(H-,24,27,28)/p+1/t16-,21+/m0/s1. The second-order valence-corrected chi connectivity index (χ2v) is 8.61. The van der Waals surface area contributed by atoms with Gasteiger partial charge in [0.15, 0.2) is 5.71 Å². The molecule has 1 amide bonds. The molecule has 7 heteroatoms. The Morgan fingerprint density at radius 3 is 2.70 bits per heavy atom. The minimum Gasteiger partial charge on any atom is -0.508 e. The van der Waals surface area contributed by atoms with Crippen molar-refractivity contribution < 1.29 is 19.4 Å². The van der Waals surface area contributed by atoms with Crippen molar-refractivity contribution in [3.05, 3.63) is 63.2 Å². The summed E-state index contributed by atoms with van der Waals surface area (Å²) in [6.45, 7) is 8.69. The lowest BCUT2D eigenvalue weighted by molar-refractivity contribution is -0.461. The maximum atomic E-state index is 13.2. The molecule has 30 heavy (non-hydrogen) atoms. The fourth-order valence-electron chi connectivity index (χ4n) is 4.94. The molecule has 2 aromatic rings. The lowest BCUT2D eigenvalue weighted by atomic mass is 9.76. The molecule has 4 rings (SSSR count). The summed E-state index contributed by atoms with van der Waals surface area (Å²) in [5, 5.41) is 24.8. The van der Waals surface area contributed by atoms with Crippen LogP contribution in [0.25, 0.3) is 0 Å². The minimum atomic E-state index is -0.587. The first-order valence-corrected chi connectivity index (χ1v) is 10.2. The number of phenols is 1. The van der Waals surface area contributed by atoms with E-state index in [-0.39, 0.29) is 28.7 Å². The van der Waals surface area contributed by atoms with Gasteiger partial charge in [-0.05, 0) is 39.8 Å². The number of hydrogen-bond donors (Lipinski definition) is 2. The van der Waals surface area contributed by atoms with Gasteiger partial charge in [0, 0.05) is 42.3 Å². The predicted octanol–water partition coefficient (Wildman–Crippen LogP) is 3.68. The third-order valence-electron chi connectivity index (χ3n) is 6.41. The van der Waals surface area contributed by atoms with Crippen LogP contribution in [0.4, 0.5) is 11.4 Å². The third kappa shape index (κ3) is 2.88. The van der Waals surface area contributed by atoms with Gasteiger partial charge < -0.3 is 10.4 Å². The molecule has 2 heterocycles. The van der Waals surface area contributed by atoms with Crippen LogP contribution < -0.4 is 5.32 Å². The highest BCUT2D eigenvalue weighted by atomic mass is 16.6. The summed E-state index contributed by atoms with van der Waals surface area (Å²) in [7, 11) is 0. The van der Waals surface area contributed by atoms with Crippen LogP contribution >= 0.6 is 0 Å². The fraction of sp³-hybridized carbons (Fsp3) is 0.391. The highest BCUT2D eigenvalue weighted by molar-refractivity contribution is 6.00. The normalized spacial score (nSPS) is 21.3. The Morgan fingerprint density at radius 1 is 1.30 bits per heavy atom. The number of hydrogen-bond acceptors (Lipinski definition) is 4. The van der Waals surface area contributed by atoms with Gasteiger partial charge >= 0.3 is 0 Å². The Balaban J connectivity index is 1.89. The molecule has 156 valence electrons. The highest BCUT2D eigenvalue weighted by Crippen LogP contribution is 2.50. The van der Waals surface area contributed by atoms with Crippen molar-refractivity contribution in [2.75, 3.05) is 6.54 Å². The third-order valence-corrected chi connectivity index (χ3v) is 6.41. The van der Waals surface area contributed by atoms with Gasteiger partial charge in [-0.15, -0.1) is 0 Å². The van der Waals surface area contributed by atoms with E-state index in [1.54, 1.807) is 0 Å². The largest absolute Gasteiger partial charge is 0.508 e. The van der Waals surface area contributed by atoms with E-state index in [1.807, 2.05) is 19.1 Å². The molecule has 2 aromatic carbocycles. The lowest BCUT2D eigenvalue weighted by Crippen LogP contribution is -2.41. The van der Waals surface area contributed by atoms with E-state index in [2.05, 4.69) is 36.7 Å². The molecule has 0 radical (unpaired) electrons. The number of amides is 1. The number of aryl methyl sites for hydroxylation is 1. The summed E-state index contributed by atoms with van der Waals surface area (Å²) in [6.07, 6.45) is 0.539. The highest BCUT2D eigenvalue weighted by Gasteiger charge is 2.58. The number of rotatable bonds is 4. The Hall–Kier alpha value is -3.22. The Labute approximate surface area is 175 Å². The Kier molecular flexibility index (Phi) is 4.64. The van der Waals surface area contributed by atoms with Gasteiger partial charge in [0.05, 0.1) is 16.3 Å². The van der Waals surface area contributed by atoms with E-state index >= 15 is 0 Å². The molecule has 0 aromatic heterocycles. The molecule has 2 aliphatic heterocycles. The summed E-state index contributed by atoms with van der Waals surface area (Å²) in [6, 6.07) is 9.68. The van der Waals surface area contributed by atoms with Crippen LogP contribution in [0, 0.1) is 17.0 Å². The molecular weight excluding hydrogens is 382 g/mol. The molecule has 0 saturated heterocycles. The molecule has 0 bridgehead atoms. The number of aromatic hydroxyl groups is 1. The van der Waals surface area contributed by atoms with Gasteiger partial charge in [0.2, 0.25) is 11.7 Å². The minimum absolute atomic E-state index is 0.0244. The van der Waals surface area contributed by atoms with Gasteiger partial charge in [-0.3, -0.25) is 14.9 Å². The number of fused-ring (bicyclic) bond motifs is 2. The number of nitro benzene ring substituents is 1. The predicted molar refractivity (Wildman–Crippen MR) is 114 cm³/mol. The molecule has 0 aliphatic carbocycles. The van der Waals surface area contributed by atoms with E-state index in [1.165, 1.54) is 23.8 Å². The molecule has 0 unspecified atom stereocenters. The molecule has 7 nitrogen and oxygen atoms in total. The molecule has 2 atom stereocenters. The lowest BCUT2D eigenvalue weighted by Gasteiger charge is -2.21. The summed E-state index contributed by atoms with van der Waals surface area (Å²) >= 11 is 0. The van der Waals surface area contributed by atoms with Crippen LogP contribution in [0.15, 0.2) is 36.4 Å². The maximum absolute atomic E-state index is 13.2. The second kappa shape index (κ2) is 6.93. The molecule has 0 saturated carbocycles. The van der Waals surface area contributed by atoms with Crippen molar-refractivity contribution in [1.29, 1.82) is 0 Å². The summed E-state index contributed by atoms with van der Waals surface area (Å²) in [5.41, 5.74) is 4.48. The monoisotopic (exact) mass is 408 g/mol. The SMILES string of the molecule is CCNC(=O)[C@H]1[C@H](c2cc([N+](=O)[O-])ccc2O)CC2=[N+]1c1ccc(C)cc1C2(C)C. The number of nitrogens with zero attached hydrogens (tertiary/aromatic N) is 2. The van der Waals surface area contributed by atoms with Crippen molar-refractivity contribution in [2.45, 2.75) is 51.5 Å².